The molecule has 1 saturated heterocycles. The first-order valence-corrected chi connectivity index (χ1v) is 11.2. The van der Waals surface area contributed by atoms with Crippen molar-refractivity contribution >= 4 is 11.8 Å². The Hall–Kier alpha value is -4.02. The zero-order valence-electron chi connectivity index (χ0n) is 18.7. The third-order valence-corrected chi connectivity index (χ3v) is 5.91. The Morgan fingerprint density at radius 3 is 2.24 bits per heavy atom. The molecule has 0 aromatic heterocycles. The molecule has 7 heteroatoms. The largest absolute Gasteiger partial charge is 0.350 e. The molecule has 6 nitrogen and oxygen atoms in total. The predicted octanol–water partition coefficient (Wildman–Crippen LogP) is 3.51. The molecule has 1 atom stereocenters. The van der Waals surface area contributed by atoms with Crippen molar-refractivity contribution < 1.29 is 14.0 Å². The van der Waals surface area contributed by atoms with E-state index in [1.165, 1.54) is 6.07 Å². The molecule has 0 unspecified atom stereocenters. The van der Waals surface area contributed by atoms with Crippen LogP contribution in [0.25, 0.3) is 0 Å². The van der Waals surface area contributed by atoms with E-state index in [2.05, 4.69) is 10.2 Å². The van der Waals surface area contributed by atoms with Gasteiger partial charge in [-0.05, 0) is 29.3 Å². The number of nitriles is 1. The highest BCUT2D eigenvalue weighted by Gasteiger charge is 2.32. The van der Waals surface area contributed by atoms with Gasteiger partial charge in [0.1, 0.15) is 11.9 Å². The van der Waals surface area contributed by atoms with Gasteiger partial charge >= 0.3 is 0 Å². The zero-order valence-corrected chi connectivity index (χ0v) is 18.7. The van der Waals surface area contributed by atoms with Gasteiger partial charge in [-0.25, -0.2) is 4.39 Å². The molecule has 0 saturated carbocycles. The summed E-state index contributed by atoms with van der Waals surface area (Å²) in [6.45, 7) is 2.20. The smallest absolute Gasteiger partial charge is 0.254 e. The minimum Gasteiger partial charge on any atom is -0.350 e. The van der Waals surface area contributed by atoms with Crippen LogP contribution in [0.4, 0.5) is 4.39 Å². The van der Waals surface area contributed by atoms with Gasteiger partial charge in [0.15, 0.2) is 0 Å². The van der Waals surface area contributed by atoms with E-state index in [1.807, 2.05) is 66.7 Å². The molecule has 2 amide bonds. The Labute approximate surface area is 198 Å². The minimum atomic E-state index is -0.611. The van der Waals surface area contributed by atoms with E-state index in [0.29, 0.717) is 32.7 Å². The summed E-state index contributed by atoms with van der Waals surface area (Å²) < 4.78 is 13.8. The number of hydrogen-bond acceptors (Lipinski definition) is 4. The van der Waals surface area contributed by atoms with Gasteiger partial charge in [0, 0.05) is 38.3 Å². The summed E-state index contributed by atoms with van der Waals surface area (Å²) in [5, 5.41) is 12.1. The molecule has 1 N–H and O–H groups in total. The molecule has 4 rings (SSSR count). The molecule has 3 aromatic carbocycles. The Balaban J connectivity index is 1.45. The molecule has 0 aliphatic carbocycles. The van der Waals surface area contributed by atoms with Crippen LogP contribution in [0.2, 0.25) is 0 Å². The lowest BCUT2D eigenvalue weighted by Gasteiger charge is -2.38. The van der Waals surface area contributed by atoms with Crippen LogP contribution in [-0.4, -0.2) is 47.8 Å². The van der Waals surface area contributed by atoms with Crippen LogP contribution in [-0.2, 0) is 11.3 Å². The van der Waals surface area contributed by atoms with Crippen molar-refractivity contribution in [3.05, 3.63) is 107 Å². The van der Waals surface area contributed by atoms with Crippen molar-refractivity contribution in [2.24, 2.45) is 0 Å². The first-order chi connectivity index (χ1) is 16.5. The SMILES string of the molecule is N#Cc1cc(F)cc(C(=O)N2CCN([C@@H](C(=O)NCc3ccccc3)c3ccccc3)CC2)c1. The monoisotopic (exact) mass is 456 g/mol. The van der Waals surface area contributed by atoms with Gasteiger partial charge in [-0.15, -0.1) is 0 Å². The van der Waals surface area contributed by atoms with Crippen molar-refractivity contribution in [3.63, 3.8) is 0 Å². The molecular weight excluding hydrogens is 431 g/mol. The lowest BCUT2D eigenvalue weighted by Crippen LogP contribution is -2.52. The van der Waals surface area contributed by atoms with Crippen LogP contribution in [0.15, 0.2) is 78.9 Å². The van der Waals surface area contributed by atoms with Crippen LogP contribution < -0.4 is 5.32 Å². The molecule has 34 heavy (non-hydrogen) atoms. The maximum atomic E-state index is 13.8. The molecule has 3 aromatic rings. The van der Waals surface area contributed by atoms with Gasteiger partial charge in [-0.3, -0.25) is 14.5 Å². The van der Waals surface area contributed by atoms with Crippen molar-refractivity contribution in [1.82, 2.24) is 15.1 Å². The summed E-state index contributed by atoms with van der Waals surface area (Å²) in [7, 11) is 0. The molecule has 0 bridgehead atoms. The first-order valence-electron chi connectivity index (χ1n) is 11.2. The number of nitrogens with zero attached hydrogens (tertiary/aromatic N) is 3. The third kappa shape index (κ3) is 5.48. The summed E-state index contributed by atoms with van der Waals surface area (Å²) >= 11 is 0. The number of rotatable bonds is 6. The molecule has 1 fully saturated rings. The predicted molar refractivity (Wildman–Crippen MR) is 126 cm³/mol. The van der Waals surface area contributed by atoms with Crippen molar-refractivity contribution in [2.75, 3.05) is 26.2 Å². The van der Waals surface area contributed by atoms with E-state index >= 15 is 0 Å². The Morgan fingerprint density at radius 1 is 0.941 bits per heavy atom. The van der Waals surface area contributed by atoms with Crippen molar-refractivity contribution in [1.29, 1.82) is 5.26 Å². The molecule has 1 aliphatic heterocycles. The van der Waals surface area contributed by atoms with Gasteiger partial charge in [-0.1, -0.05) is 60.7 Å². The number of halogens is 1. The quantitative estimate of drug-likeness (QED) is 0.616. The minimum absolute atomic E-state index is 0.0985. The van der Waals surface area contributed by atoms with E-state index < -0.39 is 11.9 Å². The zero-order chi connectivity index (χ0) is 23.9. The number of carbonyl (C=O) groups excluding carboxylic acids is 2. The summed E-state index contributed by atoms with van der Waals surface area (Å²) in [5.74, 6) is -1.03. The second-order valence-corrected chi connectivity index (χ2v) is 8.19. The van der Waals surface area contributed by atoms with E-state index in [-0.39, 0.29) is 22.9 Å². The summed E-state index contributed by atoms with van der Waals surface area (Å²) in [6.07, 6.45) is 0. The van der Waals surface area contributed by atoms with E-state index in [1.54, 1.807) is 4.90 Å². The van der Waals surface area contributed by atoms with Crippen molar-refractivity contribution in [2.45, 2.75) is 12.6 Å². The second kappa shape index (κ2) is 10.7. The number of nitrogens with one attached hydrogen (secondary N) is 1. The summed E-state index contributed by atoms with van der Waals surface area (Å²) in [5.41, 5.74) is 2.17. The lowest BCUT2D eigenvalue weighted by atomic mass is 10.0. The van der Waals surface area contributed by atoms with Crippen molar-refractivity contribution in [3.8, 4) is 6.07 Å². The van der Waals surface area contributed by atoms with Gasteiger partial charge in [-0.2, -0.15) is 5.26 Å². The molecule has 1 heterocycles. The lowest BCUT2D eigenvalue weighted by molar-refractivity contribution is -0.127. The topological polar surface area (TPSA) is 76.4 Å². The van der Waals surface area contributed by atoms with Gasteiger partial charge in [0.05, 0.1) is 11.6 Å². The fraction of sp³-hybridized carbons (Fsp3) is 0.222. The maximum Gasteiger partial charge on any atom is 0.254 e. The average molecular weight is 457 g/mol. The van der Waals surface area contributed by atoms with Crippen LogP contribution in [0.1, 0.15) is 33.1 Å². The van der Waals surface area contributed by atoms with Crippen LogP contribution in [0.3, 0.4) is 0 Å². The maximum absolute atomic E-state index is 13.8. The highest BCUT2D eigenvalue weighted by atomic mass is 19.1. The number of benzene rings is 3. The number of piperazine rings is 1. The third-order valence-electron chi connectivity index (χ3n) is 5.91. The molecule has 0 radical (unpaired) electrons. The molecule has 1 aliphatic rings. The Bertz CT molecular complexity index is 1190. The normalized spacial score (nSPS) is 14.8. The number of carbonyl (C=O) groups is 2. The summed E-state index contributed by atoms with van der Waals surface area (Å²) in [6, 6.07) is 24.4. The fourth-order valence-electron chi connectivity index (χ4n) is 4.19. The van der Waals surface area contributed by atoms with Gasteiger partial charge in [0.2, 0.25) is 5.91 Å². The highest BCUT2D eigenvalue weighted by molar-refractivity contribution is 5.94. The molecule has 0 spiro atoms. The number of amides is 2. The molecule has 172 valence electrons. The van der Waals surface area contributed by atoms with Crippen LogP contribution in [0.5, 0.6) is 0 Å². The van der Waals surface area contributed by atoms with E-state index in [0.717, 1.165) is 23.3 Å². The average Bonchev–Trinajstić information content (AvgIpc) is 2.88. The Kier molecular flexibility index (Phi) is 7.31. The Morgan fingerprint density at radius 2 is 1.59 bits per heavy atom. The fourth-order valence-corrected chi connectivity index (χ4v) is 4.19. The van der Waals surface area contributed by atoms with Gasteiger partial charge in [0.25, 0.3) is 5.91 Å². The first kappa shape index (κ1) is 23.1. The van der Waals surface area contributed by atoms with E-state index in [4.69, 9.17) is 5.26 Å². The highest BCUT2D eigenvalue weighted by Crippen LogP contribution is 2.23. The molecular formula is C27H25FN4O2. The van der Waals surface area contributed by atoms with Crippen LogP contribution in [0, 0.1) is 17.1 Å². The number of hydrogen-bond donors (Lipinski definition) is 1. The second-order valence-electron chi connectivity index (χ2n) is 8.19. The van der Waals surface area contributed by atoms with Crippen LogP contribution >= 0.6 is 0 Å². The van der Waals surface area contributed by atoms with Gasteiger partial charge < -0.3 is 10.2 Å². The standard InChI is InChI=1S/C27H25FN4O2/c28-24-16-21(18-29)15-23(17-24)27(34)32-13-11-31(12-14-32)25(22-9-5-2-6-10-22)26(33)30-19-20-7-3-1-4-8-20/h1-10,15-17,25H,11-14,19H2,(H,30,33)/t25-/m1/s1. The van der Waals surface area contributed by atoms with E-state index in [9.17, 15) is 14.0 Å². The summed E-state index contributed by atoms with van der Waals surface area (Å²) in [4.78, 5) is 29.9.